The summed E-state index contributed by atoms with van der Waals surface area (Å²) < 4.78 is 1.55. The van der Waals surface area contributed by atoms with Crippen LogP contribution >= 0.6 is 11.6 Å². The first kappa shape index (κ1) is 19.1. The lowest BCUT2D eigenvalue weighted by molar-refractivity contribution is -0.117. The smallest absolute Gasteiger partial charge is 0.251 e. The number of rotatable bonds is 5. The molecule has 1 fully saturated rings. The average Bonchev–Trinajstić information content (AvgIpc) is 3.44. The molecule has 0 bridgehead atoms. The zero-order valence-electron chi connectivity index (χ0n) is 15.7. The van der Waals surface area contributed by atoms with Crippen LogP contribution in [0.5, 0.6) is 0 Å². The Bertz CT molecular complexity index is 1010. The molecule has 0 radical (unpaired) electrons. The van der Waals surface area contributed by atoms with Crippen LogP contribution in [-0.4, -0.2) is 39.1 Å². The van der Waals surface area contributed by atoms with Crippen molar-refractivity contribution in [3.63, 3.8) is 0 Å². The molecule has 29 heavy (non-hydrogen) atoms. The van der Waals surface area contributed by atoms with Gasteiger partial charge in [-0.3, -0.25) is 9.59 Å². The van der Waals surface area contributed by atoms with Crippen molar-refractivity contribution in [1.29, 1.82) is 0 Å². The number of nitrogens with zero attached hydrogens (tertiary/aromatic N) is 4. The van der Waals surface area contributed by atoms with Crippen molar-refractivity contribution in [2.75, 3.05) is 11.9 Å². The number of anilines is 1. The van der Waals surface area contributed by atoms with E-state index in [0.717, 1.165) is 12.8 Å². The van der Waals surface area contributed by atoms with Crippen molar-refractivity contribution in [1.82, 2.24) is 25.4 Å². The predicted molar refractivity (Wildman–Crippen MR) is 109 cm³/mol. The second-order valence-electron chi connectivity index (χ2n) is 6.94. The van der Waals surface area contributed by atoms with Crippen LogP contribution in [0.2, 0.25) is 5.02 Å². The van der Waals surface area contributed by atoms with Crippen molar-refractivity contribution < 1.29 is 9.59 Å². The molecule has 1 saturated carbocycles. The molecule has 2 aliphatic rings. The van der Waals surface area contributed by atoms with Crippen LogP contribution in [0.15, 0.2) is 41.8 Å². The van der Waals surface area contributed by atoms with Crippen LogP contribution in [0.3, 0.4) is 0 Å². The first-order valence-corrected chi connectivity index (χ1v) is 9.68. The summed E-state index contributed by atoms with van der Waals surface area (Å²) in [5.41, 5.74) is 0.848. The van der Waals surface area contributed by atoms with Gasteiger partial charge in [0.1, 0.15) is 6.33 Å². The van der Waals surface area contributed by atoms with E-state index in [1.54, 1.807) is 36.0 Å². The SMILES string of the molecule is CC(NC(=O)c1cc(Cl)cc(NC(=O)C2CC2)c1)c1ncnn1C1=NC=CCN1. The third kappa shape index (κ3) is 4.45. The zero-order chi connectivity index (χ0) is 20.4. The summed E-state index contributed by atoms with van der Waals surface area (Å²) >= 11 is 6.15. The van der Waals surface area contributed by atoms with Crippen molar-refractivity contribution in [2.45, 2.75) is 25.8 Å². The molecule has 0 saturated heterocycles. The van der Waals surface area contributed by atoms with E-state index in [0.29, 0.717) is 34.6 Å². The molecule has 9 nitrogen and oxygen atoms in total. The summed E-state index contributed by atoms with van der Waals surface area (Å²) in [7, 11) is 0. The summed E-state index contributed by atoms with van der Waals surface area (Å²) in [6.45, 7) is 2.44. The van der Waals surface area contributed by atoms with E-state index in [1.165, 1.54) is 6.33 Å². The van der Waals surface area contributed by atoms with Gasteiger partial charge in [0.2, 0.25) is 11.9 Å². The van der Waals surface area contributed by atoms with Gasteiger partial charge in [-0.1, -0.05) is 11.6 Å². The van der Waals surface area contributed by atoms with E-state index in [2.05, 4.69) is 31.0 Å². The lowest BCUT2D eigenvalue weighted by Crippen LogP contribution is -2.36. The van der Waals surface area contributed by atoms with E-state index in [9.17, 15) is 9.59 Å². The second-order valence-corrected chi connectivity index (χ2v) is 7.37. The summed E-state index contributed by atoms with van der Waals surface area (Å²) in [6, 6.07) is 4.35. The fourth-order valence-electron chi connectivity index (χ4n) is 2.94. The van der Waals surface area contributed by atoms with Gasteiger partial charge in [0.05, 0.1) is 6.04 Å². The van der Waals surface area contributed by atoms with Gasteiger partial charge in [0.15, 0.2) is 5.82 Å². The quantitative estimate of drug-likeness (QED) is 0.694. The maximum absolute atomic E-state index is 12.8. The van der Waals surface area contributed by atoms with Gasteiger partial charge in [0, 0.05) is 34.9 Å². The van der Waals surface area contributed by atoms with Gasteiger partial charge < -0.3 is 16.0 Å². The molecule has 2 amide bonds. The number of benzene rings is 1. The minimum Gasteiger partial charge on any atom is -0.351 e. The number of amides is 2. The lowest BCUT2D eigenvalue weighted by atomic mass is 10.1. The highest BCUT2D eigenvalue weighted by Gasteiger charge is 2.29. The van der Waals surface area contributed by atoms with Crippen LogP contribution in [0.1, 0.15) is 42.0 Å². The number of carbonyl (C=O) groups is 2. The van der Waals surface area contributed by atoms with Gasteiger partial charge in [-0.05, 0) is 44.0 Å². The Hall–Kier alpha value is -3.20. The Morgan fingerprint density at radius 1 is 1.31 bits per heavy atom. The Labute approximate surface area is 172 Å². The Kier molecular flexibility index (Phi) is 5.30. The molecule has 3 N–H and O–H groups in total. The summed E-state index contributed by atoms with van der Waals surface area (Å²) in [5, 5.41) is 13.4. The van der Waals surface area contributed by atoms with E-state index in [4.69, 9.17) is 11.6 Å². The minimum atomic E-state index is -0.441. The number of aromatic nitrogens is 3. The molecule has 10 heteroatoms. The highest BCUT2D eigenvalue weighted by atomic mass is 35.5. The molecule has 2 aromatic rings. The first-order chi connectivity index (χ1) is 14.0. The number of halogens is 1. The van der Waals surface area contributed by atoms with Crippen molar-refractivity contribution in [3.8, 4) is 0 Å². The third-order valence-corrected chi connectivity index (χ3v) is 4.78. The largest absolute Gasteiger partial charge is 0.351 e. The molecular weight excluding hydrogens is 394 g/mol. The second kappa shape index (κ2) is 8.04. The summed E-state index contributed by atoms with van der Waals surface area (Å²) in [6.07, 6.45) is 6.77. The molecule has 1 unspecified atom stereocenters. The Balaban J connectivity index is 1.49. The van der Waals surface area contributed by atoms with Crippen LogP contribution in [0.4, 0.5) is 5.69 Å². The molecule has 0 spiro atoms. The monoisotopic (exact) mass is 413 g/mol. The van der Waals surface area contributed by atoms with Crippen molar-refractivity contribution >= 4 is 35.1 Å². The number of nitrogens with one attached hydrogen (secondary N) is 3. The molecule has 2 heterocycles. The van der Waals surface area contributed by atoms with Gasteiger partial charge >= 0.3 is 0 Å². The first-order valence-electron chi connectivity index (χ1n) is 9.30. The van der Waals surface area contributed by atoms with Crippen molar-refractivity contribution in [2.24, 2.45) is 10.9 Å². The van der Waals surface area contributed by atoms with Gasteiger partial charge in [-0.15, -0.1) is 0 Å². The summed E-state index contributed by atoms with van der Waals surface area (Å²) in [5.74, 6) is 0.742. The number of carbonyl (C=O) groups excluding carboxylic acids is 2. The Morgan fingerprint density at radius 3 is 2.86 bits per heavy atom. The molecule has 1 aliphatic heterocycles. The predicted octanol–water partition coefficient (Wildman–Crippen LogP) is 2.09. The number of hydrogen-bond donors (Lipinski definition) is 3. The van der Waals surface area contributed by atoms with Crippen LogP contribution in [0, 0.1) is 5.92 Å². The zero-order valence-corrected chi connectivity index (χ0v) is 16.5. The maximum Gasteiger partial charge on any atom is 0.251 e. The molecule has 1 aliphatic carbocycles. The molecule has 1 aromatic carbocycles. The molecular formula is C19H20ClN7O2. The minimum absolute atomic E-state index is 0.0464. The molecule has 1 atom stereocenters. The van der Waals surface area contributed by atoms with Crippen LogP contribution < -0.4 is 16.0 Å². The van der Waals surface area contributed by atoms with Gasteiger partial charge in [-0.25, -0.2) is 9.98 Å². The van der Waals surface area contributed by atoms with E-state index in [-0.39, 0.29) is 17.7 Å². The highest BCUT2D eigenvalue weighted by Crippen LogP contribution is 2.30. The average molecular weight is 414 g/mol. The Morgan fingerprint density at radius 2 is 2.14 bits per heavy atom. The van der Waals surface area contributed by atoms with E-state index >= 15 is 0 Å². The van der Waals surface area contributed by atoms with Crippen LogP contribution in [-0.2, 0) is 4.79 Å². The molecule has 1 aromatic heterocycles. The van der Waals surface area contributed by atoms with E-state index < -0.39 is 6.04 Å². The maximum atomic E-state index is 12.8. The molecule has 150 valence electrons. The molecule has 4 rings (SSSR count). The standard InChI is InChI=1S/C19H20ClN7O2/c1-11(16-23-10-24-27(16)19-21-5-2-6-22-19)25-18(29)13-7-14(20)9-15(8-13)26-17(28)12-3-4-12/h2,5,7-12H,3-4,6H2,1H3,(H,21,22)(H,25,29)(H,26,28). The third-order valence-electron chi connectivity index (χ3n) is 4.57. The number of hydrogen-bond acceptors (Lipinski definition) is 6. The van der Waals surface area contributed by atoms with Crippen LogP contribution in [0.25, 0.3) is 0 Å². The highest BCUT2D eigenvalue weighted by molar-refractivity contribution is 6.31. The van der Waals surface area contributed by atoms with E-state index in [1.807, 2.05) is 6.08 Å². The van der Waals surface area contributed by atoms with Gasteiger partial charge in [0.25, 0.3) is 5.91 Å². The fraction of sp³-hybridized carbons (Fsp3) is 0.316. The summed E-state index contributed by atoms with van der Waals surface area (Å²) in [4.78, 5) is 33.3. The van der Waals surface area contributed by atoms with Crippen molar-refractivity contribution in [3.05, 3.63) is 53.2 Å². The fourth-order valence-corrected chi connectivity index (χ4v) is 3.17. The van der Waals surface area contributed by atoms with Gasteiger partial charge in [-0.2, -0.15) is 9.78 Å². The topological polar surface area (TPSA) is 113 Å². The number of aliphatic imine (C=N–C) groups is 1. The lowest BCUT2D eigenvalue weighted by Gasteiger charge is -2.17. The normalized spacial score (nSPS) is 16.6.